The number of aliphatic hydroxyl groups is 3. The normalized spacial score (nSPS) is 27.8. The van der Waals surface area contributed by atoms with Crippen LogP contribution in [0.1, 0.15) is 77.6 Å². The van der Waals surface area contributed by atoms with Gasteiger partial charge in [0, 0.05) is 6.08 Å². The zero-order valence-corrected chi connectivity index (χ0v) is 15.5. The van der Waals surface area contributed by atoms with E-state index in [1.807, 2.05) is 0 Å². The van der Waals surface area contributed by atoms with Crippen molar-refractivity contribution in [2.75, 3.05) is 0 Å². The Kier molecular flexibility index (Phi) is 11.0. The first-order chi connectivity index (χ1) is 12.0. The summed E-state index contributed by atoms with van der Waals surface area (Å²) in [5.74, 6) is -0.690. The van der Waals surface area contributed by atoms with E-state index in [0.29, 0.717) is 6.42 Å². The molecule has 5 atom stereocenters. The molecule has 0 amide bonds. The maximum atomic E-state index is 10.4. The number of unbranched alkanes of at least 4 members (excludes halogenated alkanes) is 3. The van der Waals surface area contributed by atoms with Crippen molar-refractivity contribution < 1.29 is 25.2 Å². The van der Waals surface area contributed by atoms with Gasteiger partial charge in [-0.1, -0.05) is 38.7 Å². The predicted molar refractivity (Wildman–Crippen MR) is 98.2 cm³/mol. The third-order valence-electron chi connectivity index (χ3n) is 5.41. The molecule has 1 fully saturated rings. The summed E-state index contributed by atoms with van der Waals surface area (Å²) in [4.78, 5) is 10.4. The Balaban J connectivity index is 2.31. The van der Waals surface area contributed by atoms with E-state index in [9.17, 15) is 20.1 Å². The number of carbonyl (C=O) groups is 1. The van der Waals surface area contributed by atoms with E-state index in [2.05, 4.69) is 6.92 Å². The number of carboxylic acids is 1. The fraction of sp³-hybridized carbons (Fsp3) is 0.850. The fourth-order valence-electron chi connectivity index (χ4n) is 3.98. The van der Waals surface area contributed by atoms with Crippen LogP contribution in [0.4, 0.5) is 0 Å². The van der Waals surface area contributed by atoms with Crippen LogP contribution in [-0.4, -0.2) is 44.7 Å². The van der Waals surface area contributed by atoms with Crippen molar-refractivity contribution in [3.63, 3.8) is 0 Å². The SMILES string of the molecule is CCCCC(O)CCC[C@@H]1[C@@H](CCCCC=CC(=O)O)[C@@H](O)C[C@H]1O. The molecule has 0 aliphatic heterocycles. The predicted octanol–water partition coefficient (Wildman–Crippen LogP) is 3.27. The Bertz CT molecular complexity index is 396. The number of allylic oxidation sites excluding steroid dienone is 1. The minimum Gasteiger partial charge on any atom is -0.478 e. The van der Waals surface area contributed by atoms with Gasteiger partial charge in [0.15, 0.2) is 0 Å². The average molecular weight is 357 g/mol. The van der Waals surface area contributed by atoms with Crippen molar-refractivity contribution in [1.82, 2.24) is 0 Å². The highest BCUT2D eigenvalue weighted by atomic mass is 16.4. The largest absolute Gasteiger partial charge is 0.478 e. The van der Waals surface area contributed by atoms with E-state index >= 15 is 0 Å². The van der Waals surface area contributed by atoms with Crippen molar-refractivity contribution in [2.24, 2.45) is 11.8 Å². The lowest BCUT2D eigenvalue weighted by atomic mass is 9.85. The summed E-state index contributed by atoms with van der Waals surface area (Å²) in [5.41, 5.74) is 0. The first kappa shape index (κ1) is 22.1. The highest BCUT2D eigenvalue weighted by molar-refractivity contribution is 5.79. The average Bonchev–Trinajstić information content (AvgIpc) is 2.82. The van der Waals surface area contributed by atoms with E-state index < -0.39 is 18.2 Å². The Morgan fingerprint density at radius 1 is 1.04 bits per heavy atom. The molecule has 0 bridgehead atoms. The van der Waals surface area contributed by atoms with Crippen LogP contribution in [0.3, 0.4) is 0 Å². The highest BCUT2D eigenvalue weighted by Crippen LogP contribution is 2.39. The third kappa shape index (κ3) is 8.84. The lowest BCUT2D eigenvalue weighted by Gasteiger charge is -2.24. The van der Waals surface area contributed by atoms with Gasteiger partial charge in [-0.2, -0.15) is 0 Å². The molecule has 0 aromatic rings. The molecule has 146 valence electrons. The monoisotopic (exact) mass is 356 g/mol. The van der Waals surface area contributed by atoms with E-state index in [4.69, 9.17) is 5.11 Å². The van der Waals surface area contributed by atoms with Gasteiger partial charge in [-0.3, -0.25) is 0 Å². The lowest BCUT2D eigenvalue weighted by molar-refractivity contribution is -0.131. The molecule has 0 aromatic heterocycles. The van der Waals surface area contributed by atoms with E-state index in [-0.39, 0.29) is 17.9 Å². The van der Waals surface area contributed by atoms with Crippen molar-refractivity contribution in [2.45, 2.75) is 95.9 Å². The Labute approximate surface area is 151 Å². The summed E-state index contributed by atoms with van der Waals surface area (Å²) >= 11 is 0. The van der Waals surface area contributed by atoms with Gasteiger partial charge < -0.3 is 20.4 Å². The molecule has 1 aliphatic rings. The van der Waals surface area contributed by atoms with E-state index in [1.54, 1.807) is 6.08 Å². The van der Waals surface area contributed by atoms with Gasteiger partial charge in [0.05, 0.1) is 18.3 Å². The number of aliphatic carboxylic acids is 1. The zero-order chi connectivity index (χ0) is 18.7. The molecule has 4 N–H and O–H groups in total. The van der Waals surface area contributed by atoms with Crippen molar-refractivity contribution in [3.05, 3.63) is 12.2 Å². The van der Waals surface area contributed by atoms with Crippen LogP contribution in [0.5, 0.6) is 0 Å². The summed E-state index contributed by atoms with van der Waals surface area (Å²) in [5, 5.41) is 39.0. The van der Waals surface area contributed by atoms with Crippen LogP contribution in [-0.2, 0) is 4.79 Å². The molecule has 5 nitrogen and oxygen atoms in total. The quantitative estimate of drug-likeness (QED) is 0.300. The topological polar surface area (TPSA) is 98.0 Å². The highest BCUT2D eigenvalue weighted by Gasteiger charge is 2.40. The molecule has 1 unspecified atom stereocenters. The minimum absolute atomic E-state index is 0.114. The second kappa shape index (κ2) is 12.4. The van der Waals surface area contributed by atoms with Gasteiger partial charge >= 0.3 is 5.97 Å². The maximum Gasteiger partial charge on any atom is 0.327 e. The summed E-state index contributed by atoms with van der Waals surface area (Å²) in [6, 6.07) is 0. The number of hydrogen-bond donors (Lipinski definition) is 4. The smallest absolute Gasteiger partial charge is 0.327 e. The zero-order valence-electron chi connectivity index (χ0n) is 15.5. The number of rotatable bonds is 13. The van der Waals surface area contributed by atoms with Crippen LogP contribution < -0.4 is 0 Å². The van der Waals surface area contributed by atoms with Crippen molar-refractivity contribution >= 4 is 5.97 Å². The second-order valence-corrected chi connectivity index (χ2v) is 7.45. The van der Waals surface area contributed by atoms with E-state index in [0.717, 1.165) is 64.2 Å². The van der Waals surface area contributed by atoms with Gasteiger partial charge in [0.25, 0.3) is 0 Å². The van der Waals surface area contributed by atoms with Gasteiger partial charge in [0.2, 0.25) is 0 Å². The van der Waals surface area contributed by atoms with Gasteiger partial charge in [-0.25, -0.2) is 4.79 Å². The summed E-state index contributed by atoms with van der Waals surface area (Å²) in [7, 11) is 0. The summed E-state index contributed by atoms with van der Waals surface area (Å²) in [6.45, 7) is 2.12. The van der Waals surface area contributed by atoms with Gasteiger partial charge in [0.1, 0.15) is 0 Å². The number of carboxylic acid groups (broad SMARTS) is 1. The standard InChI is InChI=1S/C20H36O5/c1-2-3-9-15(21)10-8-12-17-16(18(22)14-19(17)23)11-6-4-5-7-13-20(24)25/h7,13,15-19,21-23H,2-6,8-12,14H2,1H3,(H,24,25)/t15?,16-,17-,18+,19-/m1/s1. The Hall–Kier alpha value is -0.910. The van der Waals surface area contributed by atoms with Gasteiger partial charge in [-0.05, 0) is 56.8 Å². The minimum atomic E-state index is -0.921. The summed E-state index contributed by atoms with van der Waals surface area (Å²) < 4.78 is 0. The van der Waals surface area contributed by atoms with E-state index in [1.165, 1.54) is 6.08 Å². The van der Waals surface area contributed by atoms with Crippen molar-refractivity contribution in [1.29, 1.82) is 0 Å². The first-order valence-corrected chi connectivity index (χ1v) is 9.89. The molecule has 5 heteroatoms. The lowest BCUT2D eigenvalue weighted by Crippen LogP contribution is -2.22. The van der Waals surface area contributed by atoms with Crippen LogP contribution in [0.2, 0.25) is 0 Å². The first-order valence-electron chi connectivity index (χ1n) is 9.89. The molecule has 1 aliphatic carbocycles. The number of aliphatic hydroxyl groups excluding tert-OH is 3. The Morgan fingerprint density at radius 2 is 1.64 bits per heavy atom. The fourth-order valence-corrected chi connectivity index (χ4v) is 3.98. The molecule has 0 heterocycles. The molecular formula is C20H36O5. The molecule has 0 saturated heterocycles. The van der Waals surface area contributed by atoms with Crippen LogP contribution >= 0.6 is 0 Å². The molecule has 0 spiro atoms. The third-order valence-corrected chi connectivity index (χ3v) is 5.41. The molecule has 1 rings (SSSR count). The van der Waals surface area contributed by atoms with Gasteiger partial charge in [-0.15, -0.1) is 0 Å². The molecular weight excluding hydrogens is 320 g/mol. The molecule has 0 aromatic carbocycles. The second-order valence-electron chi connectivity index (χ2n) is 7.45. The van der Waals surface area contributed by atoms with Crippen LogP contribution in [0.15, 0.2) is 12.2 Å². The number of hydrogen-bond acceptors (Lipinski definition) is 4. The van der Waals surface area contributed by atoms with Crippen LogP contribution in [0, 0.1) is 11.8 Å². The summed E-state index contributed by atoms with van der Waals surface area (Å²) in [6.07, 6.45) is 11.0. The maximum absolute atomic E-state index is 10.4. The molecule has 1 saturated carbocycles. The van der Waals surface area contributed by atoms with Crippen LogP contribution in [0.25, 0.3) is 0 Å². The van der Waals surface area contributed by atoms with Crippen molar-refractivity contribution in [3.8, 4) is 0 Å². The molecule has 25 heavy (non-hydrogen) atoms. The molecule has 0 radical (unpaired) electrons. The Morgan fingerprint density at radius 3 is 2.24 bits per heavy atom.